The Morgan fingerprint density at radius 3 is 2.84 bits per heavy atom. The molecule has 1 aromatic rings. The maximum absolute atomic E-state index is 5.57. The highest BCUT2D eigenvalue weighted by atomic mass is 79.9. The predicted octanol–water partition coefficient (Wildman–Crippen LogP) is 2.44. The van der Waals surface area contributed by atoms with Gasteiger partial charge in [0.25, 0.3) is 0 Å². The van der Waals surface area contributed by atoms with Gasteiger partial charge in [-0.15, -0.1) is 0 Å². The van der Waals surface area contributed by atoms with Crippen molar-refractivity contribution in [2.24, 2.45) is 0 Å². The van der Waals surface area contributed by atoms with E-state index in [4.69, 9.17) is 14.2 Å². The SMILES string of the molecule is Brc1ccc2c(c1CCCN1CCOCC1)OCO2. The third-order valence-corrected chi connectivity index (χ3v) is 4.33. The summed E-state index contributed by atoms with van der Waals surface area (Å²) in [6, 6.07) is 4.00. The van der Waals surface area contributed by atoms with Gasteiger partial charge < -0.3 is 14.2 Å². The zero-order valence-corrected chi connectivity index (χ0v) is 12.4. The summed E-state index contributed by atoms with van der Waals surface area (Å²) in [6.07, 6.45) is 2.13. The van der Waals surface area contributed by atoms with Crippen molar-refractivity contribution >= 4 is 15.9 Å². The summed E-state index contributed by atoms with van der Waals surface area (Å²) in [5.41, 5.74) is 1.23. The van der Waals surface area contributed by atoms with Crippen LogP contribution >= 0.6 is 15.9 Å². The molecule has 0 N–H and O–H groups in total. The number of hydrogen-bond acceptors (Lipinski definition) is 4. The topological polar surface area (TPSA) is 30.9 Å². The van der Waals surface area contributed by atoms with Crippen LogP contribution in [0.15, 0.2) is 16.6 Å². The van der Waals surface area contributed by atoms with E-state index in [9.17, 15) is 0 Å². The molecule has 0 bridgehead atoms. The van der Waals surface area contributed by atoms with Crippen molar-refractivity contribution in [3.63, 3.8) is 0 Å². The largest absolute Gasteiger partial charge is 0.454 e. The van der Waals surface area contributed by atoms with Crippen LogP contribution in [0.4, 0.5) is 0 Å². The molecule has 0 spiro atoms. The van der Waals surface area contributed by atoms with Crippen LogP contribution < -0.4 is 9.47 Å². The molecular weight excluding hydrogens is 310 g/mol. The number of morpholine rings is 1. The van der Waals surface area contributed by atoms with Gasteiger partial charge in [-0.25, -0.2) is 0 Å². The molecule has 1 aromatic carbocycles. The van der Waals surface area contributed by atoms with Gasteiger partial charge in [0, 0.05) is 23.1 Å². The van der Waals surface area contributed by atoms with Crippen LogP contribution in [-0.4, -0.2) is 44.5 Å². The Morgan fingerprint density at radius 2 is 2.00 bits per heavy atom. The zero-order chi connectivity index (χ0) is 13.1. The number of ether oxygens (including phenoxy) is 3. The highest BCUT2D eigenvalue weighted by Crippen LogP contribution is 2.40. The smallest absolute Gasteiger partial charge is 0.231 e. The fourth-order valence-electron chi connectivity index (χ4n) is 2.54. The van der Waals surface area contributed by atoms with Crippen LogP contribution in [0.2, 0.25) is 0 Å². The van der Waals surface area contributed by atoms with Gasteiger partial charge in [0.1, 0.15) is 0 Å². The molecule has 0 atom stereocenters. The molecule has 4 nitrogen and oxygen atoms in total. The first kappa shape index (κ1) is 13.2. The number of halogens is 1. The van der Waals surface area contributed by atoms with Crippen LogP contribution in [0.25, 0.3) is 0 Å². The van der Waals surface area contributed by atoms with Gasteiger partial charge >= 0.3 is 0 Å². The van der Waals surface area contributed by atoms with Crippen molar-refractivity contribution in [3.05, 3.63) is 22.2 Å². The van der Waals surface area contributed by atoms with Crippen molar-refractivity contribution < 1.29 is 14.2 Å². The first-order valence-corrected chi connectivity index (χ1v) is 7.51. The lowest BCUT2D eigenvalue weighted by Gasteiger charge is -2.26. The number of nitrogens with zero attached hydrogens (tertiary/aromatic N) is 1. The van der Waals surface area contributed by atoms with Gasteiger partial charge in [-0.2, -0.15) is 0 Å². The molecular formula is C14H18BrNO3. The Morgan fingerprint density at radius 1 is 1.16 bits per heavy atom. The predicted molar refractivity (Wildman–Crippen MR) is 75.8 cm³/mol. The number of rotatable bonds is 4. The van der Waals surface area contributed by atoms with Gasteiger partial charge in [0.2, 0.25) is 6.79 Å². The van der Waals surface area contributed by atoms with Crippen molar-refractivity contribution in [2.75, 3.05) is 39.6 Å². The van der Waals surface area contributed by atoms with E-state index in [2.05, 4.69) is 20.8 Å². The highest BCUT2D eigenvalue weighted by Gasteiger charge is 2.20. The van der Waals surface area contributed by atoms with Gasteiger partial charge in [0.05, 0.1) is 13.2 Å². The van der Waals surface area contributed by atoms with Crippen molar-refractivity contribution in [2.45, 2.75) is 12.8 Å². The molecule has 3 rings (SSSR count). The average Bonchev–Trinajstić information content (AvgIpc) is 2.91. The molecule has 0 amide bonds. The van der Waals surface area contributed by atoms with E-state index >= 15 is 0 Å². The van der Waals surface area contributed by atoms with E-state index in [0.29, 0.717) is 6.79 Å². The van der Waals surface area contributed by atoms with E-state index in [-0.39, 0.29) is 0 Å². The molecule has 2 heterocycles. The summed E-state index contributed by atoms with van der Waals surface area (Å²) in [4.78, 5) is 2.46. The van der Waals surface area contributed by atoms with Crippen LogP contribution in [0.5, 0.6) is 11.5 Å². The van der Waals surface area contributed by atoms with E-state index in [1.54, 1.807) is 0 Å². The first-order valence-electron chi connectivity index (χ1n) is 6.71. The molecule has 2 aliphatic rings. The highest BCUT2D eigenvalue weighted by molar-refractivity contribution is 9.10. The minimum Gasteiger partial charge on any atom is -0.454 e. The fraction of sp³-hybridized carbons (Fsp3) is 0.571. The average molecular weight is 328 g/mol. The monoisotopic (exact) mass is 327 g/mol. The Labute approximate surface area is 121 Å². The number of fused-ring (bicyclic) bond motifs is 1. The maximum atomic E-state index is 5.57. The Kier molecular flexibility index (Phi) is 4.25. The Balaban J connectivity index is 1.59. The van der Waals surface area contributed by atoms with Crippen LogP contribution in [-0.2, 0) is 11.2 Å². The molecule has 1 fully saturated rings. The van der Waals surface area contributed by atoms with Crippen molar-refractivity contribution in [1.29, 1.82) is 0 Å². The van der Waals surface area contributed by atoms with Gasteiger partial charge in [-0.1, -0.05) is 15.9 Å². The molecule has 0 unspecified atom stereocenters. The van der Waals surface area contributed by atoms with Crippen LogP contribution in [0.1, 0.15) is 12.0 Å². The van der Waals surface area contributed by atoms with E-state index in [1.807, 2.05) is 12.1 Å². The molecule has 0 saturated carbocycles. The maximum Gasteiger partial charge on any atom is 0.231 e. The number of hydrogen-bond donors (Lipinski definition) is 0. The van der Waals surface area contributed by atoms with Crippen molar-refractivity contribution in [1.82, 2.24) is 4.90 Å². The lowest BCUT2D eigenvalue weighted by Crippen LogP contribution is -2.36. The third kappa shape index (κ3) is 3.04. The van der Waals surface area contributed by atoms with E-state index in [0.717, 1.165) is 61.7 Å². The standard InChI is InChI=1S/C14H18BrNO3/c15-12-3-4-13-14(19-10-18-13)11(12)2-1-5-16-6-8-17-9-7-16/h3-4H,1-2,5-10H2. The molecule has 0 radical (unpaired) electrons. The Bertz CT molecular complexity index is 447. The van der Waals surface area contributed by atoms with Gasteiger partial charge in [-0.05, 0) is 31.5 Å². The quantitative estimate of drug-likeness (QED) is 0.850. The zero-order valence-electron chi connectivity index (χ0n) is 10.9. The Hall–Kier alpha value is -0.780. The molecule has 0 aromatic heterocycles. The molecule has 5 heteroatoms. The minimum absolute atomic E-state index is 0.336. The van der Waals surface area contributed by atoms with Gasteiger partial charge in [-0.3, -0.25) is 4.90 Å². The lowest BCUT2D eigenvalue weighted by molar-refractivity contribution is 0.0374. The van der Waals surface area contributed by atoms with Crippen LogP contribution in [0, 0.1) is 0 Å². The summed E-state index contributed by atoms with van der Waals surface area (Å²) in [5.74, 6) is 1.78. The molecule has 0 aliphatic carbocycles. The summed E-state index contributed by atoms with van der Waals surface area (Å²) >= 11 is 3.61. The minimum atomic E-state index is 0.336. The van der Waals surface area contributed by atoms with Crippen molar-refractivity contribution in [3.8, 4) is 11.5 Å². The first-order chi connectivity index (χ1) is 9.34. The molecule has 19 heavy (non-hydrogen) atoms. The van der Waals surface area contributed by atoms with E-state index in [1.165, 1.54) is 5.56 Å². The second-order valence-corrected chi connectivity index (χ2v) is 5.67. The number of benzene rings is 1. The summed E-state index contributed by atoms with van der Waals surface area (Å²) < 4.78 is 17.5. The summed E-state index contributed by atoms with van der Waals surface area (Å²) in [7, 11) is 0. The van der Waals surface area contributed by atoms with Gasteiger partial charge in [0.15, 0.2) is 11.5 Å². The summed E-state index contributed by atoms with van der Waals surface area (Å²) in [6.45, 7) is 5.27. The normalized spacial score (nSPS) is 18.8. The second kappa shape index (κ2) is 6.11. The van der Waals surface area contributed by atoms with E-state index < -0.39 is 0 Å². The summed E-state index contributed by atoms with van der Waals surface area (Å²) in [5, 5.41) is 0. The van der Waals surface area contributed by atoms with Crippen LogP contribution in [0.3, 0.4) is 0 Å². The fourth-order valence-corrected chi connectivity index (χ4v) is 3.05. The molecule has 2 aliphatic heterocycles. The molecule has 1 saturated heterocycles. The molecule has 104 valence electrons. The third-order valence-electron chi connectivity index (χ3n) is 3.59. The lowest BCUT2D eigenvalue weighted by atomic mass is 10.1. The second-order valence-electron chi connectivity index (χ2n) is 4.82.